The molecule has 2 aliphatic rings. The molecular weight excluding hydrogens is 406 g/mol. The second-order valence-electron chi connectivity index (χ2n) is 8.50. The zero-order valence-corrected chi connectivity index (χ0v) is 18.6. The fraction of sp³-hybridized carbons (Fsp3) is 0.458. The monoisotopic (exact) mass is 435 g/mol. The number of pyridine rings is 1. The van der Waals surface area contributed by atoms with Gasteiger partial charge in [0.2, 0.25) is 5.91 Å². The van der Waals surface area contributed by atoms with Gasteiger partial charge in [0.05, 0.1) is 15.9 Å². The van der Waals surface area contributed by atoms with Gasteiger partial charge >= 0.3 is 0 Å². The van der Waals surface area contributed by atoms with Crippen molar-refractivity contribution in [1.29, 1.82) is 0 Å². The van der Waals surface area contributed by atoms with Crippen LogP contribution >= 0.6 is 11.3 Å². The Morgan fingerprint density at radius 2 is 1.81 bits per heavy atom. The van der Waals surface area contributed by atoms with E-state index in [0.29, 0.717) is 5.91 Å². The van der Waals surface area contributed by atoms with E-state index in [1.165, 1.54) is 4.70 Å². The highest BCUT2D eigenvalue weighted by molar-refractivity contribution is 7.22. The van der Waals surface area contributed by atoms with Crippen LogP contribution in [-0.4, -0.2) is 64.9 Å². The number of para-hydroxylation sites is 1. The minimum atomic E-state index is 0.146. The van der Waals surface area contributed by atoms with Gasteiger partial charge in [-0.3, -0.25) is 14.7 Å². The molecule has 1 amide bonds. The first-order chi connectivity index (χ1) is 15.3. The van der Waals surface area contributed by atoms with Crippen LogP contribution in [0, 0.1) is 5.92 Å². The van der Waals surface area contributed by atoms with Gasteiger partial charge in [-0.2, -0.15) is 0 Å². The fourth-order valence-electron chi connectivity index (χ4n) is 4.64. The summed E-state index contributed by atoms with van der Waals surface area (Å²) in [6, 6.07) is 14.4. The summed E-state index contributed by atoms with van der Waals surface area (Å²) in [6.45, 7) is 6.33. The van der Waals surface area contributed by atoms with Gasteiger partial charge in [0.25, 0.3) is 0 Å². The lowest BCUT2D eigenvalue weighted by Crippen LogP contribution is -2.43. The number of hydrogen-bond donors (Lipinski definition) is 0. The quantitative estimate of drug-likeness (QED) is 0.626. The van der Waals surface area contributed by atoms with Gasteiger partial charge in [-0.15, -0.1) is 0 Å². The van der Waals surface area contributed by atoms with E-state index in [9.17, 15) is 4.79 Å². The molecule has 162 valence electrons. The molecule has 31 heavy (non-hydrogen) atoms. The van der Waals surface area contributed by atoms with Crippen LogP contribution in [0.25, 0.3) is 10.2 Å². The van der Waals surface area contributed by atoms with Crippen LogP contribution in [0.2, 0.25) is 0 Å². The SMILES string of the molecule is O=C(C1CCN(c2nc3ccccc3s2)CC1)N1CCCN(Cc2ccccn2)CC1. The summed E-state index contributed by atoms with van der Waals surface area (Å²) < 4.78 is 1.23. The van der Waals surface area contributed by atoms with E-state index in [4.69, 9.17) is 4.98 Å². The number of carbonyl (C=O) groups is 1. The molecule has 0 bridgehead atoms. The molecule has 4 heterocycles. The molecule has 3 aromatic rings. The van der Waals surface area contributed by atoms with E-state index < -0.39 is 0 Å². The van der Waals surface area contributed by atoms with E-state index in [-0.39, 0.29) is 5.92 Å². The zero-order valence-electron chi connectivity index (χ0n) is 17.8. The Hall–Kier alpha value is -2.51. The largest absolute Gasteiger partial charge is 0.348 e. The normalized spacial score (nSPS) is 19.0. The Morgan fingerprint density at radius 3 is 2.61 bits per heavy atom. The number of amides is 1. The summed E-state index contributed by atoms with van der Waals surface area (Å²) in [5.41, 5.74) is 2.17. The first-order valence-electron chi connectivity index (χ1n) is 11.3. The number of benzene rings is 1. The molecule has 6 nitrogen and oxygen atoms in total. The lowest BCUT2D eigenvalue weighted by Gasteiger charge is -2.33. The van der Waals surface area contributed by atoms with Gasteiger partial charge in [-0.1, -0.05) is 29.5 Å². The van der Waals surface area contributed by atoms with Crippen molar-refractivity contribution in [2.24, 2.45) is 5.92 Å². The second-order valence-corrected chi connectivity index (χ2v) is 9.51. The summed E-state index contributed by atoms with van der Waals surface area (Å²) in [5.74, 6) is 0.497. The number of carbonyl (C=O) groups excluding carboxylic acids is 1. The summed E-state index contributed by atoms with van der Waals surface area (Å²) in [6.07, 6.45) is 4.72. The van der Waals surface area contributed by atoms with E-state index in [1.54, 1.807) is 11.3 Å². The number of piperidine rings is 1. The summed E-state index contributed by atoms with van der Waals surface area (Å²) >= 11 is 1.75. The number of aromatic nitrogens is 2. The van der Waals surface area contributed by atoms with Crippen LogP contribution < -0.4 is 4.90 Å². The second kappa shape index (κ2) is 9.32. The maximum atomic E-state index is 13.2. The van der Waals surface area contributed by atoms with Gasteiger partial charge < -0.3 is 9.80 Å². The smallest absolute Gasteiger partial charge is 0.225 e. The molecular formula is C24H29N5OS. The highest BCUT2D eigenvalue weighted by Crippen LogP contribution is 2.31. The molecule has 2 fully saturated rings. The van der Waals surface area contributed by atoms with Crippen molar-refractivity contribution < 1.29 is 4.79 Å². The standard InChI is InChI=1S/C24H29N5OS/c30-23(28-13-5-12-27(16-17-28)18-20-6-3-4-11-25-20)19-9-14-29(15-10-19)24-26-21-7-1-2-8-22(21)31-24/h1-4,6-8,11,19H,5,9-10,12-18H2. The highest BCUT2D eigenvalue weighted by Gasteiger charge is 2.30. The fourth-order valence-corrected chi connectivity index (χ4v) is 5.66. The van der Waals surface area contributed by atoms with Crippen LogP contribution in [0.15, 0.2) is 48.7 Å². The molecule has 0 spiro atoms. The number of rotatable bonds is 4. The molecule has 1 aromatic carbocycles. The number of anilines is 1. The molecule has 2 aromatic heterocycles. The lowest BCUT2D eigenvalue weighted by atomic mass is 9.95. The van der Waals surface area contributed by atoms with Crippen molar-refractivity contribution in [2.45, 2.75) is 25.8 Å². The van der Waals surface area contributed by atoms with Crippen LogP contribution in [0.1, 0.15) is 25.0 Å². The van der Waals surface area contributed by atoms with Crippen LogP contribution in [0.5, 0.6) is 0 Å². The Labute approximate surface area is 187 Å². The van der Waals surface area contributed by atoms with Crippen molar-refractivity contribution in [3.05, 3.63) is 54.4 Å². The summed E-state index contributed by atoms with van der Waals surface area (Å²) in [5, 5.41) is 1.09. The lowest BCUT2D eigenvalue weighted by molar-refractivity contribution is -0.136. The van der Waals surface area contributed by atoms with Crippen LogP contribution in [0.3, 0.4) is 0 Å². The van der Waals surface area contributed by atoms with Crippen LogP contribution in [0.4, 0.5) is 5.13 Å². The van der Waals surface area contributed by atoms with E-state index in [2.05, 4.69) is 43.9 Å². The number of fused-ring (bicyclic) bond motifs is 1. The minimum Gasteiger partial charge on any atom is -0.348 e. The molecule has 0 atom stereocenters. The Morgan fingerprint density at radius 1 is 0.968 bits per heavy atom. The van der Waals surface area contributed by atoms with E-state index in [1.807, 2.05) is 24.4 Å². The zero-order chi connectivity index (χ0) is 21.0. The van der Waals surface area contributed by atoms with E-state index in [0.717, 1.165) is 81.4 Å². The third kappa shape index (κ3) is 4.72. The predicted molar refractivity (Wildman–Crippen MR) is 125 cm³/mol. The summed E-state index contributed by atoms with van der Waals surface area (Å²) in [7, 11) is 0. The van der Waals surface area contributed by atoms with Crippen molar-refractivity contribution in [3.63, 3.8) is 0 Å². The van der Waals surface area contributed by atoms with Gasteiger partial charge in [-0.25, -0.2) is 4.98 Å². The van der Waals surface area contributed by atoms with Gasteiger partial charge in [0.1, 0.15) is 0 Å². The molecule has 2 saturated heterocycles. The van der Waals surface area contributed by atoms with E-state index >= 15 is 0 Å². The van der Waals surface area contributed by atoms with Crippen molar-refractivity contribution in [3.8, 4) is 0 Å². The molecule has 0 saturated carbocycles. The van der Waals surface area contributed by atoms with Gasteiger partial charge in [0, 0.05) is 57.9 Å². The Kier molecular flexibility index (Phi) is 6.13. The molecule has 0 unspecified atom stereocenters. The molecule has 7 heteroatoms. The first kappa shape index (κ1) is 20.4. The third-order valence-corrected chi connectivity index (χ3v) is 7.51. The third-order valence-electron chi connectivity index (χ3n) is 6.41. The average Bonchev–Trinajstić information content (AvgIpc) is 3.12. The van der Waals surface area contributed by atoms with Crippen molar-refractivity contribution >= 4 is 32.6 Å². The number of nitrogens with zero attached hydrogens (tertiary/aromatic N) is 5. The topological polar surface area (TPSA) is 52.6 Å². The molecule has 0 radical (unpaired) electrons. The Balaban J connectivity index is 1.14. The first-order valence-corrected chi connectivity index (χ1v) is 12.1. The number of thiazole rings is 1. The minimum absolute atomic E-state index is 0.146. The van der Waals surface area contributed by atoms with Gasteiger partial charge in [-0.05, 0) is 43.5 Å². The van der Waals surface area contributed by atoms with Crippen molar-refractivity contribution in [1.82, 2.24) is 19.8 Å². The van der Waals surface area contributed by atoms with Crippen LogP contribution in [-0.2, 0) is 11.3 Å². The maximum Gasteiger partial charge on any atom is 0.225 e. The van der Waals surface area contributed by atoms with Gasteiger partial charge in [0.15, 0.2) is 5.13 Å². The molecule has 2 aliphatic heterocycles. The highest BCUT2D eigenvalue weighted by atomic mass is 32.1. The van der Waals surface area contributed by atoms with Crippen molar-refractivity contribution in [2.75, 3.05) is 44.2 Å². The predicted octanol–water partition coefficient (Wildman–Crippen LogP) is 3.64. The molecule has 5 rings (SSSR count). The molecule has 0 N–H and O–H groups in total. The Bertz CT molecular complexity index is 982. The number of hydrogen-bond acceptors (Lipinski definition) is 6. The maximum absolute atomic E-state index is 13.2. The molecule has 0 aliphatic carbocycles. The summed E-state index contributed by atoms with van der Waals surface area (Å²) in [4.78, 5) is 29.3. The average molecular weight is 436 g/mol.